The molecule has 7 nitrogen and oxygen atoms in total. The van der Waals surface area contributed by atoms with Crippen molar-refractivity contribution in [2.75, 3.05) is 17.2 Å². The standard InChI is InChI=1S/C26H27ClFN7/c1-16(2)14-35-15-19(12-31-35)24-13-30-26(33-23-9-20(27)8-21(28)10-23)34-25(24)32-22-4-3-17-5-6-29-11-18(17)7-22/h3-4,7-10,12-13,15-16,29H,5-6,11,14H2,1-2H3,(H2,30,32,33,34). The lowest BCUT2D eigenvalue weighted by molar-refractivity contribution is 0.483. The van der Waals surface area contributed by atoms with Gasteiger partial charge in [-0.2, -0.15) is 10.1 Å². The molecule has 9 heteroatoms. The summed E-state index contributed by atoms with van der Waals surface area (Å²) in [6.07, 6.45) is 6.59. The number of benzene rings is 2. The van der Waals surface area contributed by atoms with Crippen LogP contribution in [0.3, 0.4) is 0 Å². The van der Waals surface area contributed by atoms with E-state index in [9.17, 15) is 4.39 Å². The molecule has 3 N–H and O–H groups in total. The van der Waals surface area contributed by atoms with Gasteiger partial charge in [-0.15, -0.1) is 0 Å². The Morgan fingerprint density at radius 2 is 1.97 bits per heavy atom. The van der Waals surface area contributed by atoms with Gasteiger partial charge in [-0.05, 0) is 60.3 Å². The molecule has 1 aliphatic heterocycles. The second-order valence-corrected chi connectivity index (χ2v) is 9.56. The van der Waals surface area contributed by atoms with E-state index < -0.39 is 5.82 Å². The number of nitrogens with one attached hydrogen (secondary N) is 3. The zero-order valence-corrected chi connectivity index (χ0v) is 20.4. The molecule has 1 aliphatic rings. The first-order valence-corrected chi connectivity index (χ1v) is 12.0. The number of hydrogen-bond donors (Lipinski definition) is 3. The van der Waals surface area contributed by atoms with Gasteiger partial charge in [-0.3, -0.25) is 4.68 Å². The molecule has 5 rings (SSSR count). The summed E-state index contributed by atoms with van der Waals surface area (Å²) in [5, 5.41) is 14.7. The summed E-state index contributed by atoms with van der Waals surface area (Å²) >= 11 is 6.01. The van der Waals surface area contributed by atoms with Crippen molar-refractivity contribution in [1.82, 2.24) is 25.1 Å². The molecule has 0 bridgehead atoms. The Morgan fingerprint density at radius 1 is 1.09 bits per heavy atom. The first-order valence-electron chi connectivity index (χ1n) is 11.7. The van der Waals surface area contributed by atoms with Crippen molar-refractivity contribution in [2.45, 2.75) is 33.4 Å². The summed E-state index contributed by atoms with van der Waals surface area (Å²) in [4.78, 5) is 9.21. The van der Waals surface area contributed by atoms with Crippen molar-refractivity contribution in [2.24, 2.45) is 5.92 Å². The maximum atomic E-state index is 13.8. The Kier molecular flexibility index (Phi) is 6.66. The molecule has 0 unspecified atom stereocenters. The molecule has 2 aromatic heterocycles. The molecule has 0 aliphatic carbocycles. The average molecular weight is 492 g/mol. The second kappa shape index (κ2) is 10.0. The highest BCUT2D eigenvalue weighted by Crippen LogP contribution is 2.31. The van der Waals surface area contributed by atoms with E-state index in [1.807, 2.05) is 17.1 Å². The maximum absolute atomic E-state index is 13.8. The van der Waals surface area contributed by atoms with E-state index in [4.69, 9.17) is 16.6 Å². The van der Waals surface area contributed by atoms with Crippen LogP contribution in [0.25, 0.3) is 11.1 Å². The molecule has 0 amide bonds. The quantitative estimate of drug-likeness (QED) is 0.298. The minimum atomic E-state index is -0.435. The Hall–Kier alpha value is -3.49. The number of rotatable bonds is 7. The van der Waals surface area contributed by atoms with E-state index >= 15 is 0 Å². The Morgan fingerprint density at radius 3 is 2.80 bits per heavy atom. The Balaban J connectivity index is 1.50. The molecule has 180 valence electrons. The molecule has 35 heavy (non-hydrogen) atoms. The lowest BCUT2D eigenvalue weighted by Crippen LogP contribution is -2.23. The first kappa shape index (κ1) is 23.3. The van der Waals surface area contributed by atoms with Crippen molar-refractivity contribution in [3.8, 4) is 11.1 Å². The number of fused-ring (bicyclic) bond motifs is 1. The zero-order chi connectivity index (χ0) is 24.4. The summed E-state index contributed by atoms with van der Waals surface area (Å²) in [6.45, 7) is 6.97. The van der Waals surface area contributed by atoms with E-state index in [1.54, 1.807) is 12.3 Å². The number of hydrogen-bond acceptors (Lipinski definition) is 6. The Labute approximate surface area is 208 Å². The van der Waals surface area contributed by atoms with Crippen molar-refractivity contribution >= 4 is 34.7 Å². The second-order valence-electron chi connectivity index (χ2n) is 9.12. The third kappa shape index (κ3) is 5.61. The van der Waals surface area contributed by atoms with Gasteiger partial charge in [0.25, 0.3) is 0 Å². The van der Waals surface area contributed by atoms with Crippen LogP contribution in [0, 0.1) is 11.7 Å². The lowest BCUT2D eigenvalue weighted by atomic mass is 10.0. The van der Waals surface area contributed by atoms with Gasteiger partial charge in [0.2, 0.25) is 5.95 Å². The van der Waals surface area contributed by atoms with Gasteiger partial charge in [0.15, 0.2) is 0 Å². The van der Waals surface area contributed by atoms with Crippen molar-refractivity contribution < 1.29 is 4.39 Å². The maximum Gasteiger partial charge on any atom is 0.229 e. The van der Waals surface area contributed by atoms with E-state index in [0.29, 0.717) is 28.4 Å². The lowest BCUT2D eigenvalue weighted by Gasteiger charge is -2.19. The van der Waals surface area contributed by atoms with Crippen molar-refractivity contribution in [3.63, 3.8) is 0 Å². The predicted octanol–water partition coefficient (Wildman–Crippen LogP) is 5.92. The first-order chi connectivity index (χ1) is 16.9. The molecule has 0 saturated heterocycles. The minimum absolute atomic E-state index is 0.294. The van der Waals surface area contributed by atoms with Crippen LogP contribution in [0.5, 0.6) is 0 Å². The largest absolute Gasteiger partial charge is 0.340 e. The van der Waals surface area contributed by atoms with Crippen LogP contribution in [0.15, 0.2) is 55.0 Å². The highest BCUT2D eigenvalue weighted by atomic mass is 35.5. The van der Waals surface area contributed by atoms with E-state index in [0.717, 1.165) is 42.9 Å². The molecular weight excluding hydrogens is 465 g/mol. The van der Waals surface area contributed by atoms with E-state index in [-0.39, 0.29) is 0 Å². The van der Waals surface area contributed by atoms with Crippen LogP contribution in [-0.2, 0) is 19.5 Å². The molecule has 0 saturated carbocycles. The van der Waals surface area contributed by atoms with Crippen LogP contribution in [0.2, 0.25) is 5.02 Å². The zero-order valence-electron chi connectivity index (χ0n) is 19.6. The number of aromatic nitrogens is 4. The van der Waals surface area contributed by atoms with Crippen LogP contribution >= 0.6 is 11.6 Å². The van der Waals surface area contributed by atoms with Crippen molar-refractivity contribution in [3.05, 3.63) is 77.0 Å². The summed E-state index contributed by atoms with van der Waals surface area (Å²) in [5.41, 5.74) is 5.76. The smallest absolute Gasteiger partial charge is 0.229 e. The summed E-state index contributed by atoms with van der Waals surface area (Å²) in [7, 11) is 0. The van der Waals surface area contributed by atoms with Gasteiger partial charge in [-0.1, -0.05) is 31.5 Å². The average Bonchev–Trinajstić information content (AvgIpc) is 3.26. The molecule has 0 atom stereocenters. The predicted molar refractivity (Wildman–Crippen MR) is 138 cm³/mol. The summed E-state index contributed by atoms with van der Waals surface area (Å²) < 4.78 is 15.7. The number of halogens is 2. The SMILES string of the molecule is CC(C)Cn1cc(-c2cnc(Nc3cc(F)cc(Cl)c3)nc2Nc2ccc3c(c2)CNCC3)cn1. The monoisotopic (exact) mass is 491 g/mol. The van der Waals surface area contributed by atoms with Gasteiger partial charge in [-0.25, -0.2) is 9.37 Å². The number of anilines is 4. The van der Waals surface area contributed by atoms with Crippen molar-refractivity contribution in [1.29, 1.82) is 0 Å². The number of nitrogens with zero attached hydrogens (tertiary/aromatic N) is 4. The van der Waals surface area contributed by atoms with E-state index in [2.05, 4.69) is 58.1 Å². The van der Waals surface area contributed by atoms with Gasteiger partial charge < -0.3 is 16.0 Å². The molecular formula is C26H27ClFN7. The Bertz CT molecular complexity index is 1330. The van der Waals surface area contributed by atoms with E-state index in [1.165, 1.54) is 23.3 Å². The summed E-state index contributed by atoms with van der Waals surface area (Å²) in [5.74, 6) is 0.991. The highest BCUT2D eigenvalue weighted by molar-refractivity contribution is 6.30. The topological polar surface area (TPSA) is 79.7 Å². The van der Waals surface area contributed by atoms with Crippen LogP contribution < -0.4 is 16.0 Å². The molecule has 2 aromatic carbocycles. The fourth-order valence-corrected chi connectivity index (χ4v) is 4.40. The minimum Gasteiger partial charge on any atom is -0.340 e. The third-order valence-electron chi connectivity index (χ3n) is 5.76. The van der Waals surface area contributed by atoms with Crippen LogP contribution in [0.1, 0.15) is 25.0 Å². The van der Waals surface area contributed by atoms with Gasteiger partial charge in [0.1, 0.15) is 11.6 Å². The highest BCUT2D eigenvalue weighted by Gasteiger charge is 2.15. The molecule has 0 fully saturated rings. The molecule has 0 spiro atoms. The summed E-state index contributed by atoms with van der Waals surface area (Å²) in [6, 6.07) is 10.6. The molecule has 4 aromatic rings. The van der Waals surface area contributed by atoms with Gasteiger partial charge in [0, 0.05) is 53.0 Å². The van der Waals surface area contributed by atoms with Gasteiger partial charge in [0.05, 0.1) is 6.20 Å². The van der Waals surface area contributed by atoms with Gasteiger partial charge >= 0.3 is 0 Å². The fraction of sp³-hybridized carbons (Fsp3) is 0.269. The molecule has 0 radical (unpaired) electrons. The fourth-order valence-electron chi connectivity index (χ4n) is 4.18. The van der Waals surface area contributed by atoms with Crippen LogP contribution in [-0.4, -0.2) is 26.3 Å². The molecule has 3 heterocycles. The van der Waals surface area contributed by atoms with Crippen LogP contribution in [0.4, 0.5) is 27.5 Å². The third-order valence-corrected chi connectivity index (χ3v) is 5.98. The normalized spacial score (nSPS) is 13.1.